The molecule has 0 aliphatic carbocycles. The van der Waals surface area contributed by atoms with Crippen molar-refractivity contribution in [3.63, 3.8) is 0 Å². The Morgan fingerprint density at radius 3 is 2.50 bits per heavy atom. The van der Waals surface area contributed by atoms with Gasteiger partial charge in [-0.2, -0.15) is 0 Å². The van der Waals surface area contributed by atoms with Gasteiger partial charge in [-0.15, -0.1) is 11.3 Å². The van der Waals surface area contributed by atoms with Crippen LogP contribution in [0.4, 0.5) is 4.39 Å². The third kappa shape index (κ3) is 1.91. The van der Waals surface area contributed by atoms with Crippen molar-refractivity contribution >= 4 is 33.0 Å². The van der Waals surface area contributed by atoms with Crippen LogP contribution in [0.5, 0.6) is 0 Å². The summed E-state index contributed by atoms with van der Waals surface area (Å²) in [7, 11) is 0. The molecule has 0 nitrogen and oxygen atoms in total. The van der Waals surface area contributed by atoms with E-state index in [9.17, 15) is 4.39 Å². The molecule has 0 amide bonds. The molecule has 76 valence electrons. The molecular formula is C11H12ClFS. The van der Waals surface area contributed by atoms with Crippen molar-refractivity contribution in [2.24, 2.45) is 0 Å². The Kier molecular flexibility index (Phi) is 3.90. The molecule has 2 rings (SSSR count). The second kappa shape index (κ2) is 4.76. The first-order valence-electron chi connectivity index (χ1n) is 4.53. The van der Waals surface area contributed by atoms with Gasteiger partial charge < -0.3 is 0 Å². The van der Waals surface area contributed by atoms with Crippen LogP contribution in [0.15, 0.2) is 18.2 Å². The third-order valence-electron chi connectivity index (χ3n) is 1.86. The molecule has 0 aliphatic heterocycles. The van der Waals surface area contributed by atoms with Crippen molar-refractivity contribution in [3.8, 4) is 0 Å². The fourth-order valence-corrected chi connectivity index (χ4v) is 2.45. The van der Waals surface area contributed by atoms with Crippen LogP contribution < -0.4 is 0 Å². The second-order valence-corrected chi connectivity index (χ2v) is 4.24. The van der Waals surface area contributed by atoms with Gasteiger partial charge in [-0.05, 0) is 23.9 Å². The summed E-state index contributed by atoms with van der Waals surface area (Å²) in [6, 6.07) is 5.04. The van der Waals surface area contributed by atoms with Crippen LogP contribution in [0.1, 0.15) is 19.4 Å². The minimum Gasteiger partial charge on any atom is -0.205 e. The topological polar surface area (TPSA) is 0 Å². The van der Waals surface area contributed by atoms with E-state index < -0.39 is 0 Å². The molecule has 14 heavy (non-hydrogen) atoms. The van der Waals surface area contributed by atoms with E-state index >= 15 is 0 Å². The number of hydrogen-bond acceptors (Lipinski definition) is 1. The predicted octanol–water partition coefficient (Wildman–Crippen LogP) is 5.03. The first-order chi connectivity index (χ1) is 6.70. The molecule has 0 spiro atoms. The largest absolute Gasteiger partial charge is 0.205 e. The van der Waals surface area contributed by atoms with E-state index in [2.05, 4.69) is 0 Å². The molecular weight excluding hydrogens is 219 g/mol. The predicted molar refractivity (Wildman–Crippen MR) is 62.9 cm³/mol. The highest BCUT2D eigenvalue weighted by molar-refractivity contribution is 7.23. The van der Waals surface area contributed by atoms with Gasteiger partial charge in [0.1, 0.15) is 5.82 Å². The summed E-state index contributed by atoms with van der Waals surface area (Å²) in [6.45, 7) is 5.90. The normalized spacial score (nSPS) is 9.79. The Bertz CT molecular complexity index is 434. The SMILES string of the molecule is CC.Cc1c(Cl)sc2c(F)cccc12. The number of halogens is 2. The van der Waals surface area contributed by atoms with E-state index in [0.717, 1.165) is 10.9 Å². The Labute approximate surface area is 92.3 Å². The Balaban J connectivity index is 0.000000461. The van der Waals surface area contributed by atoms with Gasteiger partial charge in [-0.3, -0.25) is 0 Å². The van der Waals surface area contributed by atoms with Gasteiger partial charge in [0.2, 0.25) is 0 Å². The number of hydrogen-bond donors (Lipinski definition) is 0. The highest BCUT2D eigenvalue weighted by Crippen LogP contribution is 2.35. The summed E-state index contributed by atoms with van der Waals surface area (Å²) in [4.78, 5) is 0. The molecule has 0 fully saturated rings. The average Bonchev–Trinajstić information content (AvgIpc) is 2.50. The van der Waals surface area contributed by atoms with Crippen LogP contribution in [-0.2, 0) is 0 Å². The molecule has 1 aromatic carbocycles. The summed E-state index contributed by atoms with van der Waals surface area (Å²) in [6.07, 6.45) is 0. The maximum absolute atomic E-state index is 13.1. The fourth-order valence-electron chi connectivity index (χ4n) is 1.18. The molecule has 0 atom stereocenters. The Morgan fingerprint density at radius 2 is 1.93 bits per heavy atom. The maximum atomic E-state index is 13.1. The highest BCUT2D eigenvalue weighted by Gasteiger charge is 2.08. The summed E-state index contributed by atoms with van der Waals surface area (Å²) in [5.41, 5.74) is 0.969. The lowest BCUT2D eigenvalue weighted by molar-refractivity contribution is 0.641. The van der Waals surface area contributed by atoms with Crippen LogP contribution in [0.25, 0.3) is 10.1 Å². The van der Waals surface area contributed by atoms with Crippen LogP contribution in [0.2, 0.25) is 4.34 Å². The molecule has 1 heterocycles. The van der Waals surface area contributed by atoms with E-state index in [1.807, 2.05) is 26.8 Å². The van der Waals surface area contributed by atoms with E-state index in [1.165, 1.54) is 17.4 Å². The summed E-state index contributed by atoms with van der Waals surface area (Å²) in [5, 5.41) is 0.921. The van der Waals surface area contributed by atoms with Gasteiger partial charge >= 0.3 is 0 Å². The summed E-state index contributed by atoms with van der Waals surface area (Å²) >= 11 is 7.17. The number of benzene rings is 1. The zero-order valence-electron chi connectivity index (χ0n) is 8.40. The van der Waals surface area contributed by atoms with Crippen molar-refractivity contribution in [2.75, 3.05) is 0 Å². The zero-order chi connectivity index (χ0) is 10.7. The number of fused-ring (bicyclic) bond motifs is 1. The second-order valence-electron chi connectivity index (χ2n) is 2.62. The lowest BCUT2D eigenvalue weighted by Crippen LogP contribution is -1.72. The van der Waals surface area contributed by atoms with E-state index in [0.29, 0.717) is 9.04 Å². The molecule has 2 aromatic rings. The lowest BCUT2D eigenvalue weighted by Gasteiger charge is -1.90. The smallest absolute Gasteiger partial charge is 0.141 e. The molecule has 0 saturated carbocycles. The number of aryl methyl sites for hydroxylation is 1. The van der Waals surface area contributed by atoms with Gasteiger partial charge in [-0.25, -0.2) is 4.39 Å². The van der Waals surface area contributed by atoms with Crippen molar-refractivity contribution in [1.82, 2.24) is 0 Å². The van der Waals surface area contributed by atoms with Gasteiger partial charge in [0, 0.05) is 0 Å². The molecule has 0 unspecified atom stereocenters. The average molecular weight is 231 g/mol. The summed E-state index contributed by atoms with van der Waals surface area (Å²) in [5.74, 6) is -0.187. The van der Waals surface area contributed by atoms with E-state index in [1.54, 1.807) is 6.07 Å². The fraction of sp³-hybridized carbons (Fsp3) is 0.273. The lowest BCUT2D eigenvalue weighted by atomic mass is 10.2. The van der Waals surface area contributed by atoms with Crippen molar-refractivity contribution in [1.29, 1.82) is 0 Å². The minimum absolute atomic E-state index is 0.187. The number of thiophene rings is 1. The van der Waals surface area contributed by atoms with Crippen LogP contribution >= 0.6 is 22.9 Å². The van der Waals surface area contributed by atoms with Gasteiger partial charge in [-0.1, -0.05) is 37.6 Å². The maximum Gasteiger partial charge on any atom is 0.141 e. The first kappa shape index (κ1) is 11.5. The molecule has 0 radical (unpaired) electrons. The number of rotatable bonds is 0. The van der Waals surface area contributed by atoms with Crippen molar-refractivity contribution in [2.45, 2.75) is 20.8 Å². The Hall–Kier alpha value is -0.600. The van der Waals surface area contributed by atoms with E-state index in [-0.39, 0.29) is 5.82 Å². The van der Waals surface area contributed by atoms with E-state index in [4.69, 9.17) is 11.6 Å². The van der Waals surface area contributed by atoms with Crippen LogP contribution in [0, 0.1) is 12.7 Å². The standard InChI is InChI=1S/C9H6ClFS.C2H6/c1-5-6-3-2-4-7(11)8(6)12-9(5)10;1-2/h2-4H,1H3;1-2H3. The van der Waals surface area contributed by atoms with Gasteiger partial charge in [0.15, 0.2) is 0 Å². The molecule has 0 aliphatic rings. The first-order valence-corrected chi connectivity index (χ1v) is 5.72. The molecule has 0 saturated heterocycles. The molecule has 3 heteroatoms. The van der Waals surface area contributed by atoms with Crippen molar-refractivity contribution in [3.05, 3.63) is 33.9 Å². The summed E-state index contributed by atoms with van der Waals surface area (Å²) < 4.78 is 14.5. The van der Waals surface area contributed by atoms with Crippen LogP contribution in [0.3, 0.4) is 0 Å². The zero-order valence-corrected chi connectivity index (χ0v) is 9.97. The molecule has 0 bridgehead atoms. The van der Waals surface area contributed by atoms with Gasteiger partial charge in [0.05, 0.1) is 9.04 Å². The van der Waals surface area contributed by atoms with Crippen LogP contribution in [-0.4, -0.2) is 0 Å². The minimum atomic E-state index is -0.187. The highest BCUT2D eigenvalue weighted by atomic mass is 35.5. The third-order valence-corrected chi connectivity index (χ3v) is 3.48. The quantitative estimate of drug-likeness (QED) is 0.596. The molecule has 0 N–H and O–H groups in total. The van der Waals surface area contributed by atoms with Gasteiger partial charge in [0.25, 0.3) is 0 Å². The van der Waals surface area contributed by atoms with Crippen molar-refractivity contribution < 1.29 is 4.39 Å². The molecule has 1 aromatic heterocycles. The monoisotopic (exact) mass is 230 g/mol. The Morgan fingerprint density at radius 1 is 1.29 bits per heavy atom.